The number of carbonyl (C=O) groups is 1. The summed E-state index contributed by atoms with van der Waals surface area (Å²) in [5.41, 5.74) is 1.38. The van der Waals surface area contributed by atoms with E-state index in [1.807, 2.05) is 0 Å². The second kappa shape index (κ2) is 9.25. The van der Waals surface area contributed by atoms with Gasteiger partial charge in [0, 0.05) is 37.4 Å². The van der Waals surface area contributed by atoms with E-state index < -0.39 is 5.82 Å². The van der Waals surface area contributed by atoms with Crippen molar-refractivity contribution in [3.63, 3.8) is 0 Å². The highest BCUT2D eigenvalue weighted by molar-refractivity contribution is 5.98. The topological polar surface area (TPSA) is 90.4 Å². The van der Waals surface area contributed by atoms with E-state index in [1.54, 1.807) is 18.3 Å². The molecule has 2 aliphatic carbocycles. The van der Waals surface area contributed by atoms with Gasteiger partial charge in [0.25, 0.3) is 5.91 Å². The number of nitrogens with one attached hydrogen (secondary N) is 2. The van der Waals surface area contributed by atoms with E-state index in [-0.39, 0.29) is 24.1 Å². The number of aromatic nitrogens is 2. The van der Waals surface area contributed by atoms with Gasteiger partial charge in [-0.05, 0) is 61.5 Å². The molecule has 5 rings (SSSR count). The van der Waals surface area contributed by atoms with Crippen LogP contribution in [0.1, 0.15) is 60.5 Å². The summed E-state index contributed by atoms with van der Waals surface area (Å²) in [6, 6.07) is 4.91. The first-order valence-corrected chi connectivity index (χ1v) is 12.0. The highest BCUT2D eigenvalue weighted by atomic mass is 19.1. The molecule has 1 aliphatic heterocycles. The first-order valence-electron chi connectivity index (χ1n) is 12.0. The molecule has 1 aromatic carbocycles. The molecule has 2 atom stereocenters. The Balaban J connectivity index is 1.34. The zero-order chi connectivity index (χ0) is 22.9. The van der Waals surface area contributed by atoms with E-state index in [4.69, 9.17) is 4.98 Å². The molecule has 7 nitrogen and oxygen atoms in total. The molecule has 3 aliphatic rings. The summed E-state index contributed by atoms with van der Waals surface area (Å²) in [6.45, 7) is 4.15. The lowest BCUT2D eigenvalue weighted by molar-refractivity contribution is 0.0923. The van der Waals surface area contributed by atoms with Gasteiger partial charge in [-0.25, -0.2) is 9.37 Å². The lowest BCUT2D eigenvalue weighted by Gasteiger charge is -2.27. The number of halogens is 1. The number of fused-ring (bicyclic) bond motifs is 1. The summed E-state index contributed by atoms with van der Waals surface area (Å²) in [4.78, 5) is 24.5. The van der Waals surface area contributed by atoms with Crippen LogP contribution in [-0.2, 0) is 13.2 Å². The molecular weight excluding hydrogens is 421 g/mol. The Morgan fingerprint density at radius 2 is 1.97 bits per heavy atom. The number of anilines is 2. The molecule has 1 saturated heterocycles. The van der Waals surface area contributed by atoms with Crippen LogP contribution in [-0.4, -0.2) is 40.1 Å². The lowest BCUT2D eigenvalue weighted by atomic mass is 9.87. The van der Waals surface area contributed by atoms with Gasteiger partial charge in [-0.3, -0.25) is 4.79 Å². The van der Waals surface area contributed by atoms with Crippen molar-refractivity contribution in [2.75, 3.05) is 23.3 Å². The molecule has 0 bridgehead atoms. The highest BCUT2D eigenvalue weighted by Gasteiger charge is 2.46. The van der Waals surface area contributed by atoms with Gasteiger partial charge in [0.15, 0.2) is 0 Å². The molecule has 2 aromatic rings. The number of benzene rings is 1. The number of piperidine rings is 1. The first kappa shape index (κ1) is 22.1. The van der Waals surface area contributed by atoms with Crippen molar-refractivity contribution in [1.29, 1.82) is 0 Å². The van der Waals surface area contributed by atoms with E-state index >= 15 is 0 Å². The van der Waals surface area contributed by atoms with Gasteiger partial charge in [-0.15, -0.1) is 0 Å². The molecule has 0 spiro atoms. The normalized spacial score (nSPS) is 26.1. The van der Waals surface area contributed by atoms with E-state index in [0.717, 1.165) is 50.6 Å². The van der Waals surface area contributed by atoms with Crippen molar-refractivity contribution < 1.29 is 14.3 Å². The molecule has 8 heteroatoms. The van der Waals surface area contributed by atoms with Crippen LogP contribution in [0, 0.1) is 23.6 Å². The largest absolute Gasteiger partial charge is 0.392 e. The van der Waals surface area contributed by atoms with Crippen LogP contribution in [0.15, 0.2) is 24.4 Å². The SMILES string of the molecule is C[C@H]1CC[C@H](NC(=O)c2cnc(N3CC4CC4C3)nc2NCc2ccc(CO)c(F)c2)CC1. The smallest absolute Gasteiger partial charge is 0.256 e. The van der Waals surface area contributed by atoms with E-state index in [0.29, 0.717) is 35.4 Å². The van der Waals surface area contributed by atoms with Crippen molar-refractivity contribution in [1.82, 2.24) is 15.3 Å². The molecule has 2 heterocycles. The Labute approximate surface area is 193 Å². The first-order chi connectivity index (χ1) is 16.0. The molecule has 176 valence electrons. The van der Waals surface area contributed by atoms with Crippen molar-refractivity contribution in [3.8, 4) is 0 Å². The maximum atomic E-state index is 14.1. The zero-order valence-electron chi connectivity index (χ0n) is 19.1. The minimum atomic E-state index is -0.444. The van der Waals surface area contributed by atoms with Crippen LogP contribution in [0.4, 0.5) is 16.2 Å². The Morgan fingerprint density at radius 1 is 1.21 bits per heavy atom. The van der Waals surface area contributed by atoms with Crippen LogP contribution in [0.3, 0.4) is 0 Å². The summed E-state index contributed by atoms with van der Waals surface area (Å²) in [5, 5.41) is 15.6. The summed E-state index contributed by atoms with van der Waals surface area (Å²) in [5.74, 6) is 2.69. The molecule has 1 aromatic heterocycles. The molecule has 2 unspecified atom stereocenters. The number of nitrogens with zero attached hydrogens (tertiary/aromatic N) is 3. The Hall–Kier alpha value is -2.74. The third-order valence-electron chi connectivity index (χ3n) is 7.38. The van der Waals surface area contributed by atoms with Crippen LogP contribution < -0.4 is 15.5 Å². The van der Waals surface area contributed by atoms with E-state index in [2.05, 4.69) is 27.4 Å². The standard InChI is InChI=1S/C25H32FN5O2/c1-15-2-6-20(7-3-15)29-24(33)21-11-28-25(31-12-18-9-19(18)13-31)30-23(21)27-10-16-4-5-17(14-32)22(26)8-16/h4-5,8,11,15,18-20,32H,2-3,6-7,9-10,12-14H2,1H3,(H,29,33)(H,27,28,30)/t15-,18?,19?,20-. The maximum absolute atomic E-state index is 14.1. The number of amides is 1. The Kier molecular flexibility index (Phi) is 6.19. The third kappa shape index (κ3) is 4.95. The fourth-order valence-corrected chi connectivity index (χ4v) is 5.07. The fourth-order valence-electron chi connectivity index (χ4n) is 5.07. The van der Waals surface area contributed by atoms with Crippen LogP contribution in [0.25, 0.3) is 0 Å². The monoisotopic (exact) mass is 453 g/mol. The molecule has 1 amide bonds. The second-order valence-electron chi connectivity index (χ2n) is 9.96. The molecule has 33 heavy (non-hydrogen) atoms. The van der Waals surface area contributed by atoms with Gasteiger partial charge in [0.1, 0.15) is 17.2 Å². The molecule has 2 saturated carbocycles. The average Bonchev–Trinajstić information content (AvgIpc) is 3.43. The molecule has 0 radical (unpaired) electrons. The van der Waals surface area contributed by atoms with Crippen LogP contribution in [0.5, 0.6) is 0 Å². The van der Waals surface area contributed by atoms with Gasteiger partial charge in [-0.2, -0.15) is 4.98 Å². The molecule has 3 fully saturated rings. The fraction of sp³-hybridized carbons (Fsp3) is 0.560. The van der Waals surface area contributed by atoms with Crippen molar-refractivity contribution in [3.05, 3.63) is 46.9 Å². The van der Waals surface area contributed by atoms with Crippen molar-refractivity contribution in [2.24, 2.45) is 17.8 Å². The lowest BCUT2D eigenvalue weighted by Crippen LogP contribution is -2.38. The quantitative estimate of drug-likeness (QED) is 0.595. The number of carbonyl (C=O) groups excluding carboxylic acids is 1. The highest BCUT2D eigenvalue weighted by Crippen LogP contribution is 2.45. The summed E-state index contributed by atoms with van der Waals surface area (Å²) < 4.78 is 14.1. The van der Waals surface area contributed by atoms with Crippen LogP contribution >= 0.6 is 0 Å². The maximum Gasteiger partial charge on any atom is 0.256 e. The van der Waals surface area contributed by atoms with Gasteiger partial charge < -0.3 is 20.6 Å². The minimum Gasteiger partial charge on any atom is -0.392 e. The number of hydrogen-bond donors (Lipinski definition) is 3. The van der Waals surface area contributed by atoms with Gasteiger partial charge in [0.05, 0.1) is 6.61 Å². The average molecular weight is 454 g/mol. The number of hydrogen-bond acceptors (Lipinski definition) is 6. The van der Waals surface area contributed by atoms with Gasteiger partial charge in [-0.1, -0.05) is 19.1 Å². The zero-order valence-corrected chi connectivity index (χ0v) is 19.1. The van der Waals surface area contributed by atoms with Crippen molar-refractivity contribution >= 4 is 17.7 Å². The molecular formula is C25H32FN5O2. The minimum absolute atomic E-state index is 0.172. The van der Waals surface area contributed by atoms with Crippen molar-refractivity contribution in [2.45, 2.75) is 58.2 Å². The second-order valence-corrected chi connectivity index (χ2v) is 9.96. The molecule has 3 N–H and O–H groups in total. The Morgan fingerprint density at radius 3 is 2.67 bits per heavy atom. The van der Waals surface area contributed by atoms with E-state index in [9.17, 15) is 14.3 Å². The predicted octanol–water partition coefficient (Wildman–Crippen LogP) is 3.48. The summed E-state index contributed by atoms with van der Waals surface area (Å²) >= 11 is 0. The number of aliphatic hydroxyl groups excluding tert-OH is 1. The number of rotatable bonds is 7. The third-order valence-corrected chi connectivity index (χ3v) is 7.38. The summed E-state index contributed by atoms with van der Waals surface area (Å²) in [7, 11) is 0. The van der Waals surface area contributed by atoms with Crippen LogP contribution in [0.2, 0.25) is 0 Å². The summed E-state index contributed by atoms with van der Waals surface area (Å²) in [6.07, 6.45) is 7.13. The van der Waals surface area contributed by atoms with E-state index in [1.165, 1.54) is 12.5 Å². The van der Waals surface area contributed by atoms with Gasteiger partial charge >= 0.3 is 0 Å². The Bertz CT molecular complexity index is 1010. The number of aliphatic hydroxyl groups is 1. The predicted molar refractivity (Wildman–Crippen MR) is 124 cm³/mol. The van der Waals surface area contributed by atoms with Gasteiger partial charge in [0.2, 0.25) is 5.95 Å².